The monoisotopic (exact) mass is 254 g/mol. The number of nitrogens with zero attached hydrogens (tertiary/aromatic N) is 2. The van der Waals surface area contributed by atoms with Crippen molar-refractivity contribution in [2.24, 2.45) is 5.84 Å². The molecule has 4 nitrogen and oxygen atoms in total. The van der Waals surface area contributed by atoms with Crippen molar-refractivity contribution in [3.63, 3.8) is 0 Å². The molecule has 0 saturated carbocycles. The maximum Gasteiger partial charge on any atom is 0.0426 e. The minimum atomic E-state index is 0.321. The van der Waals surface area contributed by atoms with Gasteiger partial charge in [0.25, 0.3) is 0 Å². The molecule has 0 spiro atoms. The van der Waals surface area contributed by atoms with Gasteiger partial charge in [-0.1, -0.05) is 6.07 Å². The largest absolute Gasteiger partial charge is 0.303 e. The average Bonchev–Trinajstić information content (AvgIpc) is 2.82. The van der Waals surface area contributed by atoms with Crippen LogP contribution in [0, 0.1) is 0 Å². The number of hydrogen-bond donors (Lipinski definition) is 2. The normalized spacial score (nSPS) is 25.0. The Morgan fingerprint density at radius 3 is 3.00 bits per heavy atom. The number of hydrazine groups is 1. The van der Waals surface area contributed by atoms with Gasteiger partial charge in [-0.15, -0.1) is 11.3 Å². The van der Waals surface area contributed by atoms with Gasteiger partial charge in [0.15, 0.2) is 0 Å². The zero-order chi connectivity index (χ0) is 12.3. The first-order chi connectivity index (χ1) is 8.20. The van der Waals surface area contributed by atoms with E-state index in [0.29, 0.717) is 12.1 Å². The molecule has 1 aliphatic rings. The minimum absolute atomic E-state index is 0.321. The molecule has 1 aliphatic heterocycles. The van der Waals surface area contributed by atoms with Crippen LogP contribution in [0.15, 0.2) is 17.5 Å². The third-order valence-electron chi connectivity index (χ3n) is 3.58. The summed E-state index contributed by atoms with van der Waals surface area (Å²) in [5, 5.41) is 2.12. The molecule has 0 bridgehead atoms. The smallest absolute Gasteiger partial charge is 0.0426 e. The van der Waals surface area contributed by atoms with Crippen LogP contribution in [0.3, 0.4) is 0 Å². The highest BCUT2D eigenvalue weighted by Gasteiger charge is 2.29. The lowest BCUT2D eigenvalue weighted by Gasteiger charge is -2.41. The molecular weight excluding hydrogens is 232 g/mol. The van der Waals surface area contributed by atoms with Crippen molar-refractivity contribution in [2.75, 3.05) is 33.7 Å². The molecule has 0 aliphatic carbocycles. The summed E-state index contributed by atoms with van der Waals surface area (Å²) in [5.74, 6) is 5.74. The number of nitrogens with two attached hydrogens (primary N) is 1. The lowest BCUT2D eigenvalue weighted by atomic mass is 10.0. The molecule has 2 atom stereocenters. The van der Waals surface area contributed by atoms with Crippen LogP contribution < -0.4 is 11.3 Å². The predicted octanol–water partition coefficient (Wildman–Crippen LogP) is 0.368. The van der Waals surface area contributed by atoms with E-state index in [4.69, 9.17) is 5.84 Å². The lowest BCUT2D eigenvalue weighted by molar-refractivity contribution is 0.0879. The van der Waals surface area contributed by atoms with Gasteiger partial charge in [-0.3, -0.25) is 16.2 Å². The van der Waals surface area contributed by atoms with Gasteiger partial charge in [-0.2, -0.15) is 0 Å². The molecule has 2 rings (SSSR count). The Balaban J connectivity index is 2.01. The van der Waals surface area contributed by atoms with Crippen molar-refractivity contribution in [3.8, 4) is 0 Å². The molecule has 96 valence electrons. The molecule has 1 saturated heterocycles. The van der Waals surface area contributed by atoms with E-state index in [1.807, 2.05) is 0 Å². The van der Waals surface area contributed by atoms with Crippen LogP contribution in [0.2, 0.25) is 0 Å². The summed E-state index contributed by atoms with van der Waals surface area (Å²) in [4.78, 5) is 6.19. The maximum atomic E-state index is 5.74. The first-order valence-corrected chi connectivity index (χ1v) is 6.96. The van der Waals surface area contributed by atoms with Gasteiger partial charge < -0.3 is 4.90 Å². The van der Waals surface area contributed by atoms with Crippen molar-refractivity contribution in [1.29, 1.82) is 0 Å². The first-order valence-electron chi connectivity index (χ1n) is 6.08. The molecule has 1 aromatic heterocycles. The van der Waals surface area contributed by atoms with E-state index in [-0.39, 0.29) is 0 Å². The van der Waals surface area contributed by atoms with E-state index in [1.54, 1.807) is 11.3 Å². The summed E-state index contributed by atoms with van der Waals surface area (Å²) in [6.07, 6.45) is 1.01. The van der Waals surface area contributed by atoms with Gasteiger partial charge in [0.1, 0.15) is 0 Å². The molecule has 0 radical (unpaired) electrons. The Hall–Kier alpha value is -0.460. The number of rotatable bonds is 4. The molecule has 17 heavy (non-hydrogen) atoms. The summed E-state index contributed by atoms with van der Waals surface area (Å²) in [6.45, 7) is 3.34. The SMILES string of the molecule is CN1CCN(C)C(C(Cc2cccs2)NN)C1. The number of nitrogens with one attached hydrogen (secondary N) is 1. The molecule has 3 N–H and O–H groups in total. The predicted molar refractivity (Wildman–Crippen MR) is 73.0 cm³/mol. The van der Waals surface area contributed by atoms with Crippen LogP contribution >= 0.6 is 11.3 Å². The number of likely N-dealkylation sites (N-methyl/N-ethyl adjacent to an activating group) is 2. The third-order valence-corrected chi connectivity index (χ3v) is 4.48. The molecule has 2 heterocycles. The second-order valence-corrected chi connectivity index (χ2v) is 5.90. The van der Waals surface area contributed by atoms with Crippen molar-refractivity contribution in [3.05, 3.63) is 22.4 Å². The standard InChI is InChI=1S/C12H22N4S/c1-15-5-6-16(2)12(9-15)11(14-13)8-10-4-3-7-17-10/h3-4,7,11-12,14H,5-6,8-9,13H2,1-2H3. The van der Waals surface area contributed by atoms with E-state index >= 15 is 0 Å². The van der Waals surface area contributed by atoms with Crippen LogP contribution in [-0.2, 0) is 6.42 Å². The highest BCUT2D eigenvalue weighted by molar-refractivity contribution is 7.09. The number of piperazine rings is 1. The molecule has 0 amide bonds. The average molecular weight is 254 g/mol. The maximum absolute atomic E-state index is 5.74. The van der Waals surface area contributed by atoms with E-state index in [2.05, 4.69) is 46.8 Å². The lowest BCUT2D eigenvalue weighted by Crippen LogP contribution is -2.60. The van der Waals surface area contributed by atoms with Crippen LogP contribution in [0.25, 0.3) is 0 Å². The van der Waals surface area contributed by atoms with Crippen LogP contribution in [0.5, 0.6) is 0 Å². The molecular formula is C12H22N4S. The van der Waals surface area contributed by atoms with E-state index in [0.717, 1.165) is 26.1 Å². The van der Waals surface area contributed by atoms with Gasteiger partial charge in [0, 0.05) is 36.6 Å². The summed E-state index contributed by atoms with van der Waals surface area (Å²) >= 11 is 1.80. The Kier molecular flexibility index (Phi) is 4.53. The Bertz CT molecular complexity index is 327. The number of thiophene rings is 1. The van der Waals surface area contributed by atoms with E-state index < -0.39 is 0 Å². The van der Waals surface area contributed by atoms with Crippen LogP contribution in [0.4, 0.5) is 0 Å². The van der Waals surface area contributed by atoms with Gasteiger partial charge in [-0.05, 0) is 32.0 Å². The van der Waals surface area contributed by atoms with Gasteiger partial charge in [-0.25, -0.2) is 0 Å². The van der Waals surface area contributed by atoms with Crippen molar-refractivity contribution in [2.45, 2.75) is 18.5 Å². The quantitative estimate of drug-likeness (QED) is 0.602. The summed E-state index contributed by atoms with van der Waals surface area (Å²) in [7, 11) is 4.37. The molecule has 0 aromatic carbocycles. The van der Waals surface area contributed by atoms with E-state index in [1.165, 1.54) is 4.88 Å². The summed E-state index contributed by atoms with van der Waals surface area (Å²) < 4.78 is 0. The molecule has 2 unspecified atom stereocenters. The Morgan fingerprint density at radius 1 is 1.53 bits per heavy atom. The van der Waals surface area contributed by atoms with E-state index in [9.17, 15) is 0 Å². The van der Waals surface area contributed by atoms with Gasteiger partial charge in [0.2, 0.25) is 0 Å². The van der Waals surface area contributed by atoms with Crippen molar-refractivity contribution < 1.29 is 0 Å². The fourth-order valence-electron chi connectivity index (χ4n) is 2.43. The molecule has 1 aromatic rings. The first kappa shape index (κ1) is 13.0. The fourth-order valence-corrected chi connectivity index (χ4v) is 3.20. The van der Waals surface area contributed by atoms with Gasteiger partial charge in [0.05, 0.1) is 0 Å². The summed E-state index contributed by atoms with van der Waals surface area (Å²) in [5.41, 5.74) is 3.00. The minimum Gasteiger partial charge on any atom is -0.303 e. The number of hydrogen-bond acceptors (Lipinski definition) is 5. The highest BCUT2D eigenvalue weighted by atomic mass is 32.1. The molecule has 5 heteroatoms. The van der Waals surface area contributed by atoms with Crippen molar-refractivity contribution >= 4 is 11.3 Å². The fraction of sp³-hybridized carbons (Fsp3) is 0.667. The zero-order valence-corrected chi connectivity index (χ0v) is 11.4. The topological polar surface area (TPSA) is 44.5 Å². The summed E-state index contributed by atoms with van der Waals surface area (Å²) in [6, 6.07) is 5.09. The van der Waals surface area contributed by atoms with Gasteiger partial charge >= 0.3 is 0 Å². The highest BCUT2D eigenvalue weighted by Crippen LogP contribution is 2.16. The third kappa shape index (κ3) is 3.26. The second-order valence-electron chi connectivity index (χ2n) is 4.87. The zero-order valence-electron chi connectivity index (χ0n) is 10.6. The second kappa shape index (κ2) is 5.93. The Labute approximate surface area is 107 Å². The van der Waals surface area contributed by atoms with Crippen molar-refractivity contribution in [1.82, 2.24) is 15.2 Å². The van der Waals surface area contributed by atoms with Crippen LogP contribution in [0.1, 0.15) is 4.88 Å². The Morgan fingerprint density at radius 2 is 2.35 bits per heavy atom. The molecule has 1 fully saturated rings. The van der Waals surface area contributed by atoms with Crippen LogP contribution in [-0.4, -0.2) is 55.6 Å².